The summed E-state index contributed by atoms with van der Waals surface area (Å²) < 4.78 is 21.2. The fraction of sp³-hybridized carbons (Fsp3) is 0.176. The third kappa shape index (κ3) is 2.94. The summed E-state index contributed by atoms with van der Waals surface area (Å²) in [7, 11) is 3.26. The van der Waals surface area contributed by atoms with Gasteiger partial charge >= 0.3 is 0 Å². The van der Waals surface area contributed by atoms with E-state index in [0.717, 1.165) is 11.1 Å². The summed E-state index contributed by atoms with van der Waals surface area (Å²) in [5.41, 5.74) is 2.47. The molecular weight excluding hydrogens is 337 g/mol. The van der Waals surface area contributed by atoms with E-state index in [-0.39, 0.29) is 12.2 Å². The van der Waals surface area contributed by atoms with Gasteiger partial charge in [-0.3, -0.25) is 9.78 Å². The molecule has 26 heavy (non-hydrogen) atoms. The molecule has 8 nitrogen and oxygen atoms in total. The first-order valence-electron chi connectivity index (χ1n) is 7.91. The number of hydrogen-bond donors (Lipinski definition) is 2. The Morgan fingerprint density at radius 2 is 2.15 bits per heavy atom. The van der Waals surface area contributed by atoms with Gasteiger partial charge in [0.15, 0.2) is 17.2 Å². The van der Waals surface area contributed by atoms with E-state index >= 15 is 0 Å². The van der Waals surface area contributed by atoms with Crippen molar-refractivity contribution in [3.05, 3.63) is 53.9 Å². The fourth-order valence-corrected chi connectivity index (χ4v) is 2.73. The lowest BCUT2D eigenvalue weighted by Gasteiger charge is -2.09. The van der Waals surface area contributed by atoms with Gasteiger partial charge in [-0.05, 0) is 11.6 Å². The molecule has 3 aromatic heterocycles. The predicted molar refractivity (Wildman–Crippen MR) is 93.9 cm³/mol. The number of halogens is 1. The van der Waals surface area contributed by atoms with Gasteiger partial charge in [-0.15, -0.1) is 0 Å². The number of hydrogen-bond acceptors (Lipinski definition) is 6. The van der Waals surface area contributed by atoms with Crippen LogP contribution in [-0.2, 0) is 13.5 Å². The average Bonchev–Trinajstić information content (AvgIpc) is 3.25. The summed E-state index contributed by atoms with van der Waals surface area (Å²) >= 11 is 0. The molecule has 4 rings (SSSR count). The Morgan fingerprint density at radius 3 is 2.92 bits per heavy atom. The topological polar surface area (TPSA) is 93.5 Å². The number of nitrogens with one attached hydrogen (secondary N) is 2. The normalized spacial score (nSPS) is 11.0. The fourth-order valence-electron chi connectivity index (χ4n) is 2.73. The summed E-state index contributed by atoms with van der Waals surface area (Å²) in [5.74, 6) is 0.189. The van der Waals surface area contributed by atoms with Crippen LogP contribution in [0, 0.1) is 5.82 Å². The SMILES string of the molecule is COc1cccc(Cc2nc(Nc3cnn(C)c3)nc3[nH]ncc23)c1F. The van der Waals surface area contributed by atoms with Crippen molar-refractivity contribution in [2.24, 2.45) is 7.05 Å². The third-order valence-electron chi connectivity index (χ3n) is 3.97. The highest BCUT2D eigenvalue weighted by Gasteiger charge is 2.15. The van der Waals surface area contributed by atoms with Crippen LogP contribution in [0.15, 0.2) is 36.8 Å². The first-order chi connectivity index (χ1) is 12.6. The lowest BCUT2D eigenvalue weighted by atomic mass is 10.1. The molecule has 0 spiro atoms. The van der Waals surface area contributed by atoms with Crippen LogP contribution in [0.5, 0.6) is 5.75 Å². The smallest absolute Gasteiger partial charge is 0.229 e. The number of anilines is 2. The van der Waals surface area contributed by atoms with Crippen molar-refractivity contribution in [3.8, 4) is 5.75 Å². The minimum Gasteiger partial charge on any atom is -0.494 e. The van der Waals surface area contributed by atoms with Gasteiger partial charge < -0.3 is 10.1 Å². The van der Waals surface area contributed by atoms with E-state index in [2.05, 4.69) is 30.6 Å². The quantitative estimate of drug-likeness (QED) is 0.573. The number of aromatic nitrogens is 6. The first-order valence-corrected chi connectivity index (χ1v) is 7.91. The Labute approximate surface area is 148 Å². The van der Waals surface area contributed by atoms with E-state index in [1.165, 1.54) is 7.11 Å². The highest BCUT2D eigenvalue weighted by atomic mass is 19.1. The van der Waals surface area contributed by atoms with Crippen molar-refractivity contribution >= 4 is 22.7 Å². The molecule has 9 heteroatoms. The van der Waals surface area contributed by atoms with Crippen molar-refractivity contribution < 1.29 is 9.13 Å². The number of aryl methyl sites for hydroxylation is 1. The Balaban J connectivity index is 1.73. The Bertz CT molecular complexity index is 1070. The zero-order valence-electron chi connectivity index (χ0n) is 14.2. The second kappa shape index (κ2) is 6.43. The van der Waals surface area contributed by atoms with Crippen LogP contribution in [0.2, 0.25) is 0 Å². The van der Waals surface area contributed by atoms with Crippen molar-refractivity contribution in [1.82, 2.24) is 29.9 Å². The van der Waals surface area contributed by atoms with Crippen LogP contribution >= 0.6 is 0 Å². The van der Waals surface area contributed by atoms with E-state index in [1.807, 2.05) is 13.2 Å². The van der Waals surface area contributed by atoms with Gasteiger partial charge in [-0.1, -0.05) is 12.1 Å². The Kier molecular flexibility index (Phi) is 3.96. The molecule has 0 saturated heterocycles. The van der Waals surface area contributed by atoms with Gasteiger partial charge in [-0.2, -0.15) is 15.2 Å². The molecule has 2 N–H and O–H groups in total. The maximum Gasteiger partial charge on any atom is 0.229 e. The number of rotatable bonds is 5. The molecule has 0 amide bonds. The third-order valence-corrected chi connectivity index (χ3v) is 3.97. The summed E-state index contributed by atoms with van der Waals surface area (Å²) in [6, 6.07) is 5.04. The van der Waals surface area contributed by atoms with E-state index in [0.29, 0.717) is 22.9 Å². The van der Waals surface area contributed by atoms with Crippen LogP contribution in [0.3, 0.4) is 0 Å². The minimum absolute atomic E-state index is 0.203. The molecule has 1 aromatic carbocycles. The van der Waals surface area contributed by atoms with E-state index in [1.54, 1.807) is 35.3 Å². The first kappa shape index (κ1) is 16.0. The van der Waals surface area contributed by atoms with Crippen molar-refractivity contribution in [1.29, 1.82) is 0 Å². The highest BCUT2D eigenvalue weighted by Crippen LogP contribution is 2.25. The second-order valence-electron chi connectivity index (χ2n) is 5.76. The molecule has 0 fully saturated rings. The van der Waals surface area contributed by atoms with Gasteiger partial charge in [0.2, 0.25) is 5.95 Å². The standard InChI is InChI=1S/C17H16FN7O/c1-25-9-11(7-20-25)21-17-22-13(12-8-19-24-16(12)23-17)6-10-4-3-5-14(26-2)15(10)18/h3-5,7-9H,6H2,1-2H3,(H2,19,21,22,23,24). The summed E-state index contributed by atoms with van der Waals surface area (Å²) in [6.45, 7) is 0. The van der Waals surface area contributed by atoms with Crippen LogP contribution in [0.4, 0.5) is 16.0 Å². The van der Waals surface area contributed by atoms with Crippen LogP contribution in [-0.4, -0.2) is 37.1 Å². The van der Waals surface area contributed by atoms with Crippen LogP contribution < -0.4 is 10.1 Å². The number of ether oxygens (including phenoxy) is 1. The Hall–Kier alpha value is -3.49. The van der Waals surface area contributed by atoms with E-state index < -0.39 is 5.82 Å². The zero-order valence-corrected chi connectivity index (χ0v) is 14.2. The number of fused-ring (bicyclic) bond motifs is 1. The van der Waals surface area contributed by atoms with Crippen LogP contribution in [0.25, 0.3) is 11.0 Å². The van der Waals surface area contributed by atoms with E-state index in [4.69, 9.17) is 4.74 Å². The number of aromatic amines is 1. The number of H-pyrrole nitrogens is 1. The van der Waals surface area contributed by atoms with Gasteiger partial charge in [0.1, 0.15) is 0 Å². The molecule has 0 aliphatic carbocycles. The summed E-state index contributed by atoms with van der Waals surface area (Å²) in [4.78, 5) is 8.95. The maximum absolute atomic E-state index is 14.5. The molecule has 0 aliphatic heterocycles. The minimum atomic E-state index is -0.396. The number of nitrogens with zero attached hydrogens (tertiary/aromatic N) is 5. The van der Waals surface area contributed by atoms with Gasteiger partial charge in [0.05, 0.1) is 36.3 Å². The Morgan fingerprint density at radius 1 is 1.27 bits per heavy atom. The molecule has 0 bridgehead atoms. The van der Waals surface area contributed by atoms with Crippen molar-refractivity contribution in [2.45, 2.75) is 6.42 Å². The molecular formula is C17H16FN7O. The molecule has 0 unspecified atom stereocenters. The number of benzene rings is 1. The lowest BCUT2D eigenvalue weighted by Crippen LogP contribution is -2.03. The second-order valence-corrected chi connectivity index (χ2v) is 5.76. The number of methoxy groups -OCH3 is 1. The highest BCUT2D eigenvalue weighted by molar-refractivity contribution is 5.78. The van der Waals surface area contributed by atoms with Gasteiger partial charge in [-0.25, -0.2) is 9.37 Å². The zero-order chi connectivity index (χ0) is 18.1. The molecule has 0 aliphatic rings. The van der Waals surface area contributed by atoms with Crippen LogP contribution in [0.1, 0.15) is 11.3 Å². The largest absolute Gasteiger partial charge is 0.494 e. The average molecular weight is 353 g/mol. The molecule has 0 radical (unpaired) electrons. The van der Waals surface area contributed by atoms with Gasteiger partial charge in [0, 0.05) is 19.7 Å². The molecule has 4 aromatic rings. The van der Waals surface area contributed by atoms with E-state index in [9.17, 15) is 4.39 Å². The summed E-state index contributed by atoms with van der Waals surface area (Å²) in [6.07, 6.45) is 5.39. The molecule has 132 valence electrons. The van der Waals surface area contributed by atoms with Crippen molar-refractivity contribution in [3.63, 3.8) is 0 Å². The van der Waals surface area contributed by atoms with Gasteiger partial charge in [0.25, 0.3) is 0 Å². The maximum atomic E-state index is 14.5. The predicted octanol–water partition coefficient (Wildman–Crippen LogP) is 2.57. The monoisotopic (exact) mass is 353 g/mol. The molecule has 0 saturated carbocycles. The molecule has 0 atom stereocenters. The van der Waals surface area contributed by atoms with Crippen molar-refractivity contribution in [2.75, 3.05) is 12.4 Å². The molecule has 3 heterocycles. The summed E-state index contributed by atoms with van der Waals surface area (Å²) in [5, 5.41) is 14.8. The lowest BCUT2D eigenvalue weighted by molar-refractivity contribution is 0.384.